The van der Waals surface area contributed by atoms with Gasteiger partial charge in [-0.15, -0.1) is 0 Å². The Morgan fingerprint density at radius 1 is 0.425 bits per heavy atom. The number of aromatic nitrogens is 4. The van der Waals surface area contributed by atoms with E-state index in [1.54, 1.807) is 121 Å². The Morgan fingerprint density at radius 3 is 1.34 bits per heavy atom. The molecule has 0 spiro atoms. The first kappa shape index (κ1) is 31.9. The summed E-state index contributed by atoms with van der Waals surface area (Å²) in [5, 5.41) is 0. The van der Waals surface area contributed by atoms with Crippen LogP contribution in [0.1, 0.15) is 157 Å². The van der Waals surface area contributed by atoms with Crippen LogP contribution in [0, 0.1) is 88.6 Å². The molecule has 0 aliphatic heterocycles. The number of nitrogens with zero attached hydrogens (tertiary/aromatic N) is 4. The molecule has 4 aromatic heterocycles. The van der Waals surface area contributed by atoms with Gasteiger partial charge in [-0.05, 0) is 211 Å². The molecule has 0 saturated heterocycles. The minimum atomic E-state index is -2.43. The van der Waals surface area contributed by atoms with Crippen LogP contribution in [0.3, 0.4) is 0 Å². The van der Waals surface area contributed by atoms with E-state index in [9.17, 15) is 0 Å². The van der Waals surface area contributed by atoms with Crippen molar-refractivity contribution in [2.24, 2.45) is 34.1 Å². The van der Waals surface area contributed by atoms with Crippen molar-refractivity contribution >= 4 is 0 Å². The molecule has 73 heavy (non-hydrogen) atoms. The van der Waals surface area contributed by atoms with E-state index in [2.05, 4.69) is 0 Å². The molecule has 1 unspecified atom stereocenters. The molecule has 1 atom stereocenters. The average molecular weight is 1000 g/mol. The van der Waals surface area contributed by atoms with Crippen molar-refractivity contribution in [1.82, 2.24) is 0 Å². The van der Waals surface area contributed by atoms with Gasteiger partial charge in [-0.1, -0.05) is 70.4 Å². The topological polar surface area (TPSA) is 15.5 Å². The van der Waals surface area contributed by atoms with E-state index >= 15 is 0 Å². The monoisotopic (exact) mass is 999 g/mol. The fourth-order valence-electron chi connectivity index (χ4n) is 8.85. The summed E-state index contributed by atoms with van der Waals surface area (Å²) in [6.07, 6.45) is 5.26. The van der Waals surface area contributed by atoms with E-state index < -0.39 is 60.2 Å². The van der Waals surface area contributed by atoms with Crippen LogP contribution >= 0.6 is 0 Å². The molecule has 8 aromatic rings. The van der Waals surface area contributed by atoms with Crippen molar-refractivity contribution in [3.05, 3.63) is 211 Å². The van der Waals surface area contributed by atoms with Crippen molar-refractivity contribution in [2.75, 3.05) is 0 Å². The van der Waals surface area contributed by atoms with Crippen LogP contribution in [0.5, 0.6) is 0 Å². The fraction of sp³-hybridized carbons (Fsp3) is 0.362. The van der Waals surface area contributed by atoms with E-state index in [1.807, 2.05) is 116 Å². The molecule has 4 aromatic carbocycles. The maximum absolute atomic E-state index is 8.34. The number of hydrogen-bond acceptors (Lipinski definition) is 0. The van der Waals surface area contributed by atoms with Crippen LogP contribution in [-0.4, -0.2) is 0 Å². The molecule has 0 fully saturated rings. The van der Waals surface area contributed by atoms with E-state index in [0.717, 1.165) is 84.0 Å². The van der Waals surface area contributed by atoms with Crippen molar-refractivity contribution in [2.45, 2.75) is 136 Å². The third-order valence-corrected chi connectivity index (χ3v) is 12.7. The molecule has 0 aliphatic rings. The number of pyridine rings is 4. The third kappa shape index (κ3) is 15.0. The van der Waals surface area contributed by atoms with Crippen molar-refractivity contribution in [3.8, 4) is 45.0 Å². The van der Waals surface area contributed by atoms with Crippen LogP contribution in [0.15, 0.2) is 128 Å². The average Bonchev–Trinajstić information content (AvgIpc) is 0.783. The molecule has 4 nitrogen and oxygen atoms in total. The standard InChI is InChI=1S/2C18H24N.C17H22N.C16H20N/c1-12(2)16-9-15(5)17(10-14(16)4)18-8-7-13(3)11-19(18)6;1-13(2)10-16-7-9-18(19(5)12-16)17-8-6-14(3)11-15(17)4;1-6-15-9-14(4)16(10-13(15)3)17-8-7-12(2)11-18(17)5;1-11-6-7-16(17(5)10-11)15-9-13(3)12(2)8-14(15)4/h7-12H,1-6H3;6-9,11-13H,10H2,1-5H3;7-11H,6H2,1-5H3;6-10H,1-5H3/q4*+1/i1D3,3D3,12D;3D3,10D2;2*1D3,2D3. The minimum absolute atomic E-state index is 0.0457. The van der Waals surface area contributed by atoms with E-state index in [-0.39, 0.29) is 23.5 Å². The molecular weight excluding hydrogens is 885 g/mol. The summed E-state index contributed by atoms with van der Waals surface area (Å²) in [4.78, 5) is 0. The van der Waals surface area contributed by atoms with Crippen molar-refractivity contribution in [3.63, 3.8) is 0 Å². The quantitative estimate of drug-likeness (QED) is 0.135. The number of benzene rings is 4. The molecule has 0 amide bonds. The van der Waals surface area contributed by atoms with Gasteiger partial charge in [0.15, 0.2) is 24.8 Å². The third-order valence-electron chi connectivity index (χ3n) is 12.7. The summed E-state index contributed by atoms with van der Waals surface area (Å²) < 4.78 is 190. The summed E-state index contributed by atoms with van der Waals surface area (Å²) in [5.74, 6) is -1.82. The lowest BCUT2D eigenvalue weighted by molar-refractivity contribution is -0.660. The lowest BCUT2D eigenvalue weighted by Gasteiger charge is -2.14. The second-order valence-electron chi connectivity index (χ2n) is 19.3. The molecule has 0 bridgehead atoms. The van der Waals surface area contributed by atoms with Gasteiger partial charge in [0, 0.05) is 102 Å². The van der Waals surface area contributed by atoms with Crippen molar-refractivity contribution < 1.29 is 51.2 Å². The molecule has 0 saturated carbocycles. The molecule has 4 heterocycles. The maximum atomic E-state index is 8.34. The van der Waals surface area contributed by atoms with E-state index in [0.29, 0.717) is 33.4 Å². The molecular formula is C69H90N4+4. The Labute approximate surface area is 476 Å². The Kier molecular flexibility index (Phi) is 11.1. The summed E-state index contributed by atoms with van der Waals surface area (Å²) in [7, 11) is 7.27. The van der Waals surface area contributed by atoms with Gasteiger partial charge in [0.1, 0.15) is 28.2 Å². The summed E-state index contributed by atoms with van der Waals surface area (Å²) in [6.45, 7) is 3.06. The molecule has 382 valence electrons. The Hall–Kier alpha value is -6.52. The first-order chi connectivity index (χ1) is 43.9. The Bertz CT molecular complexity index is 4140. The lowest BCUT2D eigenvalue weighted by Crippen LogP contribution is -2.31. The first-order valence-electron chi connectivity index (χ1n) is 36.4. The van der Waals surface area contributed by atoms with Gasteiger partial charge in [0.25, 0.3) is 0 Å². The molecule has 8 rings (SSSR count). The SMILES string of the molecule is [2H]C([2H])([2H])Cc1cc(C)c(-c2ccc(C([2H])([2H])[2H])c[n+]2C)cc1C.[2H]C([2H])([2H])c1ccc(-c2cc(C)c(C([2H])(C)C([2H])([2H])[2H])cc2C)[n+](C)c1.[2H]C([2H])([2H])c1ccc(-c2cc(C)c(C([2H])([2H])[2H])cc2C)[n+](C)c1.[2H]C([2H])([2H])c1ccc(-c2ccc(C([2H])([2H])C(C)C)c[n+]2C)c(C)c1. The lowest BCUT2D eigenvalue weighted by atomic mass is 9.92. The van der Waals surface area contributed by atoms with Crippen molar-refractivity contribution in [1.29, 1.82) is 0 Å². The number of rotatable bonds is 8. The van der Waals surface area contributed by atoms with Gasteiger partial charge >= 0.3 is 0 Å². The molecule has 0 N–H and O–H groups in total. The van der Waals surface area contributed by atoms with Crippen LogP contribution in [0.2, 0.25) is 0 Å². The van der Waals surface area contributed by atoms with Crippen LogP contribution in [0.4, 0.5) is 0 Å². The van der Waals surface area contributed by atoms with Gasteiger partial charge in [-0.25, -0.2) is 18.3 Å². The van der Waals surface area contributed by atoms with E-state index in [1.165, 1.54) is 6.92 Å². The Morgan fingerprint density at radius 2 is 0.877 bits per heavy atom. The number of aryl methyl sites for hydroxylation is 17. The predicted octanol–water partition coefficient (Wildman–Crippen LogP) is 15.3. The predicted molar refractivity (Wildman–Crippen MR) is 311 cm³/mol. The maximum Gasteiger partial charge on any atom is 0.212 e. The highest BCUT2D eigenvalue weighted by atomic mass is 14.9. The highest BCUT2D eigenvalue weighted by molar-refractivity contribution is 5.66. The van der Waals surface area contributed by atoms with Crippen LogP contribution in [0.25, 0.3) is 45.0 Å². The zero-order valence-corrected chi connectivity index (χ0v) is 45.2. The van der Waals surface area contributed by atoms with E-state index in [4.69, 9.17) is 32.9 Å². The first-order valence-corrected chi connectivity index (χ1v) is 24.4. The van der Waals surface area contributed by atoms with Gasteiger partial charge in [0.2, 0.25) is 22.8 Å². The zero-order chi connectivity index (χ0) is 74.2. The smallest absolute Gasteiger partial charge is 0.201 e. The molecule has 0 aliphatic carbocycles. The second-order valence-corrected chi connectivity index (χ2v) is 19.3. The highest BCUT2D eigenvalue weighted by Crippen LogP contribution is 2.29. The molecule has 0 radical (unpaired) electrons. The zero-order valence-electron chi connectivity index (χ0n) is 69.2. The van der Waals surface area contributed by atoms with Gasteiger partial charge in [-0.2, -0.15) is 0 Å². The highest BCUT2D eigenvalue weighted by Gasteiger charge is 2.18. The van der Waals surface area contributed by atoms with Gasteiger partial charge in [-0.3, -0.25) is 0 Å². The second kappa shape index (κ2) is 25.4. The minimum Gasteiger partial charge on any atom is -0.201 e. The normalized spacial score (nSPS) is 18.0. The number of hydrogen-bond donors (Lipinski definition) is 0. The van der Waals surface area contributed by atoms with Gasteiger partial charge < -0.3 is 0 Å². The summed E-state index contributed by atoms with van der Waals surface area (Å²) in [6, 6.07) is 30.0. The molecule has 4 heteroatoms. The van der Waals surface area contributed by atoms with Crippen LogP contribution < -0.4 is 18.3 Å². The van der Waals surface area contributed by atoms with Gasteiger partial charge in [0.05, 0.1) is 0 Å². The summed E-state index contributed by atoms with van der Waals surface area (Å²) >= 11 is 0. The van der Waals surface area contributed by atoms with Crippen LogP contribution in [-0.2, 0) is 41.0 Å². The summed E-state index contributed by atoms with van der Waals surface area (Å²) in [5.41, 5.74) is 16.5. The Balaban J connectivity index is 0.000000234. The fourth-order valence-corrected chi connectivity index (χ4v) is 8.85. The largest absolute Gasteiger partial charge is 0.212 e.